The Balaban J connectivity index is 2.44. The Morgan fingerprint density at radius 1 is 1.41 bits per heavy atom. The molecule has 2 N–H and O–H groups in total. The molecule has 5 heteroatoms. The first kappa shape index (κ1) is 14.0. The van der Waals surface area contributed by atoms with Crippen molar-refractivity contribution in [2.24, 2.45) is 5.92 Å². The van der Waals surface area contributed by atoms with Gasteiger partial charge in [0.15, 0.2) is 0 Å². The maximum absolute atomic E-state index is 11.9. The number of nitrogens with zero attached hydrogens (tertiary/aromatic N) is 1. The minimum atomic E-state index is -0.800. The lowest BCUT2D eigenvalue weighted by atomic mass is 9.98. The van der Waals surface area contributed by atoms with E-state index >= 15 is 0 Å². The van der Waals surface area contributed by atoms with Gasteiger partial charge in [-0.15, -0.1) is 0 Å². The molecule has 0 saturated carbocycles. The van der Waals surface area contributed by atoms with Crippen molar-refractivity contribution in [2.45, 2.75) is 39.2 Å². The Morgan fingerprint density at radius 3 is 2.59 bits per heavy atom. The number of carboxylic acid groups (broad SMARTS) is 1. The van der Waals surface area contributed by atoms with Crippen molar-refractivity contribution in [1.29, 1.82) is 0 Å². The average molecular weight is 242 g/mol. The molecule has 1 heterocycles. The number of rotatable bonds is 3. The number of piperidine rings is 1. The van der Waals surface area contributed by atoms with Crippen LogP contribution < -0.4 is 5.32 Å². The number of hydrogen-bond acceptors (Lipinski definition) is 3. The van der Waals surface area contributed by atoms with E-state index in [2.05, 4.69) is 5.32 Å². The molecule has 5 nitrogen and oxygen atoms in total. The highest BCUT2D eigenvalue weighted by Gasteiger charge is 2.28. The molecule has 98 valence electrons. The molecule has 1 aliphatic heterocycles. The number of aliphatic carboxylic acids is 1. The first-order valence-corrected chi connectivity index (χ1v) is 6.05. The molecule has 0 spiro atoms. The zero-order chi connectivity index (χ0) is 13.1. The zero-order valence-electron chi connectivity index (χ0n) is 10.8. The van der Waals surface area contributed by atoms with E-state index in [0.29, 0.717) is 19.5 Å². The van der Waals surface area contributed by atoms with Crippen LogP contribution in [-0.2, 0) is 9.59 Å². The second-order valence-corrected chi connectivity index (χ2v) is 5.62. The fourth-order valence-electron chi connectivity index (χ4n) is 1.86. The maximum atomic E-state index is 11.9. The summed E-state index contributed by atoms with van der Waals surface area (Å²) in [5.74, 6) is -1.21. The molecule has 1 aliphatic rings. The van der Waals surface area contributed by atoms with Crippen LogP contribution in [0.25, 0.3) is 0 Å². The summed E-state index contributed by atoms with van der Waals surface area (Å²) in [5.41, 5.74) is -0.0996. The van der Waals surface area contributed by atoms with Gasteiger partial charge in [0.05, 0.1) is 12.5 Å². The molecule has 1 fully saturated rings. The van der Waals surface area contributed by atoms with Crippen molar-refractivity contribution in [2.75, 3.05) is 19.6 Å². The minimum Gasteiger partial charge on any atom is -0.481 e. The van der Waals surface area contributed by atoms with Gasteiger partial charge in [-0.1, -0.05) is 0 Å². The number of carboxylic acids is 1. The third kappa shape index (κ3) is 4.73. The normalized spacial score (nSPS) is 21.4. The summed E-state index contributed by atoms with van der Waals surface area (Å²) in [5, 5.41) is 12.1. The molecular formula is C12H22N2O3. The highest BCUT2D eigenvalue weighted by atomic mass is 16.4. The average Bonchev–Trinajstić information content (AvgIpc) is 2.25. The topological polar surface area (TPSA) is 69.6 Å². The van der Waals surface area contributed by atoms with Crippen LogP contribution in [0.5, 0.6) is 0 Å². The maximum Gasteiger partial charge on any atom is 0.308 e. The van der Waals surface area contributed by atoms with Gasteiger partial charge in [-0.2, -0.15) is 0 Å². The van der Waals surface area contributed by atoms with Gasteiger partial charge in [-0.25, -0.2) is 0 Å². The van der Waals surface area contributed by atoms with Gasteiger partial charge >= 0.3 is 5.97 Å². The summed E-state index contributed by atoms with van der Waals surface area (Å²) >= 11 is 0. The molecule has 0 aromatic heterocycles. The first-order chi connectivity index (χ1) is 7.79. The standard InChI is InChI=1S/C12H22N2O3/c1-12(2,3)13-7-10(15)14-6-4-5-9(8-14)11(16)17/h9,13H,4-8H2,1-3H3,(H,16,17). The summed E-state index contributed by atoms with van der Waals surface area (Å²) in [4.78, 5) is 24.4. The lowest BCUT2D eigenvalue weighted by Gasteiger charge is -2.32. The minimum absolute atomic E-state index is 0.00845. The van der Waals surface area contributed by atoms with Crippen LogP contribution >= 0.6 is 0 Å². The van der Waals surface area contributed by atoms with Crippen LogP contribution in [0.2, 0.25) is 0 Å². The van der Waals surface area contributed by atoms with Crippen molar-refractivity contribution in [3.05, 3.63) is 0 Å². The summed E-state index contributed by atoms with van der Waals surface area (Å²) in [7, 11) is 0. The number of hydrogen-bond donors (Lipinski definition) is 2. The lowest BCUT2D eigenvalue weighted by molar-refractivity contribution is -0.145. The molecule has 1 rings (SSSR count). The van der Waals surface area contributed by atoms with Crippen LogP contribution in [0.1, 0.15) is 33.6 Å². The van der Waals surface area contributed by atoms with Crippen molar-refractivity contribution in [3.8, 4) is 0 Å². The number of carbonyl (C=O) groups is 2. The molecule has 0 aromatic rings. The molecule has 1 unspecified atom stereocenters. The lowest BCUT2D eigenvalue weighted by Crippen LogP contribution is -2.48. The van der Waals surface area contributed by atoms with Gasteiger partial charge in [-0.05, 0) is 33.6 Å². The number of likely N-dealkylation sites (tertiary alicyclic amines) is 1. The summed E-state index contributed by atoms with van der Waals surface area (Å²) < 4.78 is 0. The Labute approximate surface area is 102 Å². The van der Waals surface area contributed by atoms with E-state index in [1.165, 1.54) is 0 Å². The van der Waals surface area contributed by atoms with Crippen molar-refractivity contribution in [1.82, 2.24) is 10.2 Å². The molecule has 1 atom stereocenters. The van der Waals surface area contributed by atoms with E-state index < -0.39 is 11.9 Å². The smallest absolute Gasteiger partial charge is 0.308 e. The largest absolute Gasteiger partial charge is 0.481 e. The van der Waals surface area contributed by atoms with Crippen LogP contribution in [0.15, 0.2) is 0 Å². The van der Waals surface area contributed by atoms with Gasteiger partial charge in [0.1, 0.15) is 0 Å². The van der Waals surface area contributed by atoms with Crippen molar-refractivity contribution >= 4 is 11.9 Å². The number of nitrogens with one attached hydrogen (secondary N) is 1. The fourth-order valence-corrected chi connectivity index (χ4v) is 1.86. The molecular weight excluding hydrogens is 220 g/mol. The van der Waals surface area contributed by atoms with E-state index in [0.717, 1.165) is 6.42 Å². The molecule has 0 aromatic carbocycles. The van der Waals surface area contributed by atoms with Crippen LogP contribution in [0.3, 0.4) is 0 Å². The highest BCUT2D eigenvalue weighted by Crippen LogP contribution is 2.16. The van der Waals surface area contributed by atoms with Crippen molar-refractivity contribution in [3.63, 3.8) is 0 Å². The van der Waals surface area contributed by atoms with Gasteiger partial charge < -0.3 is 15.3 Å². The highest BCUT2D eigenvalue weighted by molar-refractivity contribution is 5.79. The van der Waals surface area contributed by atoms with Crippen LogP contribution in [0, 0.1) is 5.92 Å². The molecule has 0 radical (unpaired) electrons. The predicted molar refractivity (Wildman–Crippen MR) is 64.7 cm³/mol. The van der Waals surface area contributed by atoms with Crippen molar-refractivity contribution < 1.29 is 14.7 Å². The first-order valence-electron chi connectivity index (χ1n) is 6.05. The third-order valence-corrected chi connectivity index (χ3v) is 2.89. The Bertz CT molecular complexity index is 297. The van der Waals surface area contributed by atoms with E-state index in [1.807, 2.05) is 20.8 Å². The Morgan fingerprint density at radius 2 is 2.06 bits per heavy atom. The van der Waals surface area contributed by atoms with Gasteiger partial charge in [0.25, 0.3) is 0 Å². The van der Waals surface area contributed by atoms with Gasteiger partial charge in [0, 0.05) is 18.6 Å². The molecule has 0 aliphatic carbocycles. The predicted octanol–water partition coefficient (Wildman–Crippen LogP) is 0.698. The molecule has 0 bridgehead atoms. The Kier molecular flexibility index (Phi) is 4.51. The second-order valence-electron chi connectivity index (χ2n) is 5.62. The molecule has 1 saturated heterocycles. The monoisotopic (exact) mass is 242 g/mol. The van der Waals surface area contributed by atoms with E-state index in [1.54, 1.807) is 4.90 Å². The van der Waals surface area contributed by atoms with Gasteiger partial charge in [-0.3, -0.25) is 9.59 Å². The van der Waals surface area contributed by atoms with E-state index in [9.17, 15) is 9.59 Å². The quantitative estimate of drug-likeness (QED) is 0.764. The summed E-state index contributed by atoms with van der Waals surface area (Å²) in [6.07, 6.45) is 1.45. The zero-order valence-corrected chi connectivity index (χ0v) is 10.8. The third-order valence-electron chi connectivity index (χ3n) is 2.89. The van der Waals surface area contributed by atoms with Gasteiger partial charge in [0.2, 0.25) is 5.91 Å². The van der Waals surface area contributed by atoms with E-state index in [-0.39, 0.29) is 18.0 Å². The van der Waals surface area contributed by atoms with Crippen LogP contribution in [0.4, 0.5) is 0 Å². The fraction of sp³-hybridized carbons (Fsp3) is 0.833. The Hall–Kier alpha value is -1.10. The second kappa shape index (κ2) is 5.49. The summed E-state index contributed by atoms with van der Waals surface area (Å²) in [6, 6.07) is 0. The SMILES string of the molecule is CC(C)(C)NCC(=O)N1CCCC(C(=O)O)C1. The van der Waals surface area contributed by atoms with Crippen LogP contribution in [-0.4, -0.2) is 47.1 Å². The number of carbonyl (C=O) groups excluding carboxylic acids is 1. The number of amides is 1. The van der Waals surface area contributed by atoms with E-state index in [4.69, 9.17) is 5.11 Å². The molecule has 17 heavy (non-hydrogen) atoms. The molecule has 1 amide bonds. The summed E-state index contributed by atoms with van der Waals surface area (Å²) in [6.45, 7) is 7.29.